The highest BCUT2D eigenvalue weighted by Crippen LogP contribution is 2.35. The molecule has 1 aliphatic heterocycles. The predicted octanol–water partition coefficient (Wildman–Crippen LogP) is 4.25. The second kappa shape index (κ2) is 12.9. The number of fused-ring (bicyclic) bond motifs is 1. The van der Waals surface area contributed by atoms with Crippen LogP contribution in [0.3, 0.4) is 0 Å². The molecule has 2 aromatic carbocycles. The monoisotopic (exact) mass is 585 g/mol. The first-order valence-corrected chi connectivity index (χ1v) is 15.0. The van der Waals surface area contributed by atoms with Crippen molar-refractivity contribution in [2.45, 2.75) is 52.2 Å². The zero-order chi connectivity index (χ0) is 28.0. The van der Waals surface area contributed by atoms with Gasteiger partial charge in [-0.15, -0.1) is 0 Å². The molecule has 9 nitrogen and oxygen atoms in total. The lowest BCUT2D eigenvalue weighted by Gasteiger charge is -2.33. The molecule has 1 N–H and O–H groups in total. The lowest BCUT2D eigenvalue weighted by atomic mass is 10.1. The minimum absolute atomic E-state index is 0.0139. The molecule has 0 bridgehead atoms. The number of amides is 2. The Hall–Kier alpha value is -2.69. The average molecular weight is 587 g/mol. The molecule has 38 heavy (non-hydrogen) atoms. The van der Waals surface area contributed by atoms with Gasteiger partial charge >= 0.3 is 0 Å². The fourth-order valence-electron chi connectivity index (χ4n) is 3.99. The Kier molecular flexibility index (Phi) is 10.1. The summed E-state index contributed by atoms with van der Waals surface area (Å²) in [5.41, 5.74) is 0.816. The van der Waals surface area contributed by atoms with Crippen LogP contribution in [0.25, 0.3) is 0 Å². The highest BCUT2D eigenvalue weighted by atomic mass is 35.5. The Morgan fingerprint density at radius 2 is 1.71 bits per heavy atom. The number of nitrogens with one attached hydrogen (secondary N) is 1. The lowest BCUT2D eigenvalue weighted by molar-refractivity contribution is -0.140. The summed E-state index contributed by atoms with van der Waals surface area (Å²) in [7, 11) is -3.89. The van der Waals surface area contributed by atoms with Crippen molar-refractivity contribution in [2.24, 2.45) is 0 Å². The Morgan fingerprint density at radius 3 is 2.32 bits per heavy atom. The Bertz CT molecular complexity index is 1270. The zero-order valence-corrected chi connectivity index (χ0v) is 24.2. The Balaban J connectivity index is 1.98. The lowest BCUT2D eigenvalue weighted by Crippen LogP contribution is -2.53. The van der Waals surface area contributed by atoms with Crippen LogP contribution in [-0.4, -0.2) is 63.2 Å². The molecule has 2 amide bonds. The molecule has 0 spiro atoms. The molecule has 3 rings (SSSR count). The number of benzene rings is 2. The first kappa shape index (κ1) is 29.9. The fourth-order valence-corrected chi connectivity index (χ4v) is 5.30. The van der Waals surface area contributed by atoms with Crippen LogP contribution in [0, 0.1) is 0 Å². The van der Waals surface area contributed by atoms with Gasteiger partial charge in [-0.1, -0.05) is 43.1 Å². The minimum atomic E-state index is -3.89. The highest BCUT2D eigenvalue weighted by Gasteiger charge is 2.33. The fraction of sp³-hybridized carbons (Fsp3) is 0.462. The van der Waals surface area contributed by atoms with Gasteiger partial charge in [0, 0.05) is 28.7 Å². The van der Waals surface area contributed by atoms with Crippen LogP contribution >= 0.6 is 23.2 Å². The van der Waals surface area contributed by atoms with E-state index in [0.717, 1.165) is 10.6 Å². The number of rotatable bonds is 11. The molecular formula is C26H33Cl2N3O6S. The van der Waals surface area contributed by atoms with E-state index >= 15 is 0 Å². The van der Waals surface area contributed by atoms with Gasteiger partial charge in [-0.2, -0.15) is 0 Å². The van der Waals surface area contributed by atoms with E-state index in [-0.39, 0.29) is 24.2 Å². The van der Waals surface area contributed by atoms with Crippen LogP contribution in [-0.2, 0) is 26.2 Å². The highest BCUT2D eigenvalue weighted by molar-refractivity contribution is 7.92. The number of ether oxygens (including phenoxy) is 2. The molecule has 0 saturated carbocycles. The van der Waals surface area contributed by atoms with Gasteiger partial charge in [-0.3, -0.25) is 13.9 Å². The van der Waals surface area contributed by atoms with Crippen molar-refractivity contribution in [3.8, 4) is 11.5 Å². The van der Waals surface area contributed by atoms with E-state index in [2.05, 4.69) is 5.32 Å². The largest absolute Gasteiger partial charge is 0.486 e. The van der Waals surface area contributed by atoms with Crippen LogP contribution < -0.4 is 19.1 Å². The van der Waals surface area contributed by atoms with E-state index < -0.39 is 28.5 Å². The summed E-state index contributed by atoms with van der Waals surface area (Å²) < 4.78 is 37.8. The summed E-state index contributed by atoms with van der Waals surface area (Å²) in [5.74, 6) is -0.0152. The third kappa shape index (κ3) is 7.45. The number of hydrogen-bond acceptors (Lipinski definition) is 6. The number of carbonyl (C=O) groups is 2. The normalized spacial score (nSPS) is 14.4. The molecular weight excluding hydrogens is 553 g/mol. The number of sulfonamides is 1. The SMILES string of the molecule is CC[C@@H](C)NC(=O)[C@H](CC)N(Cc1ccc(Cl)cc1Cl)C(=O)CN(c1ccc2c(c1)OCCO2)S(C)(=O)=O. The number of carbonyl (C=O) groups excluding carboxylic acids is 2. The van der Waals surface area contributed by atoms with Crippen LogP contribution in [0.1, 0.15) is 39.2 Å². The molecule has 0 unspecified atom stereocenters. The molecule has 2 atom stereocenters. The van der Waals surface area contributed by atoms with Gasteiger partial charge in [0.1, 0.15) is 25.8 Å². The summed E-state index contributed by atoms with van der Waals surface area (Å²) in [5, 5.41) is 3.69. The molecule has 0 saturated heterocycles. The second-order valence-electron chi connectivity index (χ2n) is 9.10. The number of anilines is 1. The maximum atomic E-state index is 13.8. The van der Waals surface area contributed by atoms with E-state index in [1.54, 1.807) is 37.3 Å². The maximum Gasteiger partial charge on any atom is 0.244 e. The third-order valence-electron chi connectivity index (χ3n) is 6.24. The molecule has 0 aliphatic carbocycles. The second-order valence-corrected chi connectivity index (χ2v) is 11.8. The number of hydrogen-bond donors (Lipinski definition) is 1. The van der Waals surface area contributed by atoms with Gasteiger partial charge in [0.15, 0.2) is 11.5 Å². The summed E-state index contributed by atoms with van der Waals surface area (Å²) in [6.07, 6.45) is 2.04. The van der Waals surface area contributed by atoms with E-state index in [1.807, 2.05) is 13.8 Å². The molecule has 208 valence electrons. The summed E-state index contributed by atoms with van der Waals surface area (Å²) in [6.45, 7) is 5.78. The summed E-state index contributed by atoms with van der Waals surface area (Å²) in [6, 6.07) is 8.60. The molecule has 1 heterocycles. The van der Waals surface area contributed by atoms with Gasteiger partial charge in [0.05, 0.1) is 11.9 Å². The van der Waals surface area contributed by atoms with Crippen LogP contribution in [0.15, 0.2) is 36.4 Å². The molecule has 12 heteroatoms. The first-order chi connectivity index (χ1) is 17.9. The number of nitrogens with zero attached hydrogens (tertiary/aromatic N) is 2. The van der Waals surface area contributed by atoms with Gasteiger partial charge in [-0.25, -0.2) is 8.42 Å². The Morgan fingerprint density at radius 1 is 1.03 bits per heavy atom. The van der Waals surface area contributed by atoms with E-state index in [4.69, 9.17) is 32.7 Å². The summed E-state index contributed by atoms with van der Waals surface area (Å²) >= 11 is 12.4. The summed E-state index contributed by atoms with van der Waals surface area (Å²) in [4.78, 5) is 28.4. The van der Waals surface area contributed by atoms with Crippen molar-refractivity contribution in [2.75, 3.05) is 30.3 Å². The topological polar surface area (TPSA) is 105 Å². The quantitative estimate of drug-likeness (QED) is 0.422. The molecule has 1 aliphatic rings. The maximum absolute atomic E-state index is 13.8. The number of halogens is 2. The van der Waals surface area contributed by atoms with Gasteiger partial charge in [0.25, 0.3) is 0 Å². The Labute approximate surface area is 234 Å². The molecule has 0 aromatic heterocycles. The van der Waals surface area contributed by atoms with Crippen molar-refractivity contribution >= 4 is 50.7 Å². The van der Waals surface area contributed by atoms with Crippen LogP contribution in [0.2, 0.25) is 10.0 Å². The smallest absolute Gasteiger partial charge is 0.244 e. The molecule has 2 aromatic rings. The molecule has 0 fully saturated rings. The minimum Gasteiger partial charge on any atom is -0.486 e. The molecule has 0 radical (unpaired) electrons. The first-order valence-electron chi connectivity index (χ1n) is 12.4. The van der Waals surface area contributed by atoms with Crippen LogP contribution in [0.4, 0.5) is 5.69 Å². The van der Waals surface area contributed by atoms with E-state index in [9.17, 15) is 18.0 Å². The zero-order valence-electron chi connectivity index (χ0n) is 21.9. The van der Waals surface area contributed by atoms with Gasteiger partial charge < -0.3 is 19.7 Å². The van der Waals surface area contributed by atoms with E-state index in [0.29, 0.717) is 53.2 Å². The van der Waals surface area contributed by atoms with Gasteiger partial charge in [0.2, 0.25) is 21.8 Å². The predicted molar refractivity (Wildman–Crippen MR) is 149 cm³/mol. The van der Waals surface area contributed by atoms with Crippen molar-refractivity contribution in [1.29, 1.82) is 0 Å². The van der Waals surface area contributed by atoms with Crippen molar-refractivity contribution < 1.29 is 27.5 Å². The average Bonchev–Trinajstić information content (AvgIpc) is 2.87. The van der Waals surface area contributed by atoms with Crippen molar-refractivity contribution in [1.82, 2.24) is 10.2 Å². The van der Waals surface area contributed by atoms with E-state index in [1.165, 1.54) is 11.0 Å². The van der Waals surface area contributed by atoms with Crippen LogP contribution in [0.5, 0.6) is 11.5 Å². The van der Waals surface area contributed by atoms with Gasteiger partial charge in [-0.05, 0) is 49.6 Å². The van der Waals surface area contributed by atoms with Crippen molar-refractivity contribution in [3.05, 3.63) is 52.0 Å². The standard InChI is InChI=1S/C26H33Cl2N3O6S/c1-5-17(3)29-26(33)22(6-2)30(15-18-7-8-19(27)13-21(18)28)25(32)16-31(38(4,34)35)20-9-10-23-24(14-20)37-12-11-36-23/h7-10,13-14,17,22H,5-6,11-12,15-16H2,1-4H3,(H,29,33)/t17-,22+/m1/s1. The third-order valence-corrected chi connectivity index (χ3v) is 7.96. The van der Waals surface area contributed by atoms with Crippen molar-refractivity contribution in [3.63, 3.8) is 0 Å².